The highest BCUT2D eigenvalue weighted by atomic mass is 16.6. The smallest absolute Gasteiger partial charge is 0.306 e. The molecule has 0 aliphatic heterocycles. The monoisotopic (exact) mass is 1040 g/mol. The first kappa shape index (κ1) is 71.4. The summed E-state index contributed by atoms with van der Waals surface area (Å²) in [4.78, 5) is 38.2. The Bertz CT molecular complexity index is 1280. The average molecular weight is 1040 g/mol. The SMILES string of the molecule is CC/C=C\C/C=C\C/C=C\C/C=C\CCC(=O)OCC(COC(=O)CCCCCCCCCCCCCCCCCCCCCCCCCCCCCC)OC(=O)CCCCCCCCCCCCCCCCC. The maximum absolute atomic E-state index is 12.9. The summed E-state index contributed by atoms with van der Waals surface area (Å²) in [6, 6.07) is 0. The van der Waals surface area contributed by atoms with Gasteiger partial charge in [0.2, 0.25) is 0 Å². The first-order valence-corrected chi connectivity index (χ1v) is 32.6. The van der Waals surface area contributed by atoms with E-state index >= 15 is 0 Å². The van der Waals surface area contributed by atoms with Gasteiger partial charge in [0.25, 0.3) is 0 Å². The lowest BCUT2D eigenvalue weighted by atomic mass is 10.0. The summed E-state index contributed by atoms with van der Waals surface area (Å²) in [5, 5.41) is 0. The van der Waals surface area contributed by atoms with Crippen LogP contribution in [0.3, 0.4) is 0 Å². The third kappa shape index (κ3) is 60.2. The standard InChI is InChI=1S/C68H124O6/c1-4-7-10-13-16-19-22-25-27-28-29-30-31-32-33-34-35-36-37-38-39-41-43-46-49-52-55-58-61-67(70)73-64-65(63-72-66(69)60-57-54-51-48-45-42-24-21-18-15-12-9-6-3)74-68(71)62-59-56-53-50-47-44-40-26-23-20-17-14-11-8-5-2/h9,12,18,21,42,45,51,54,65H,4-8,10-11,13-17,19-20,22-41,43-44,46-50,52-53,55-64H2,1-3H3/b12-9-,21-18-,45-42-,54-51-. The first-order valence-electron chi connectivity index (χ1n) is 32.6. The molecule has 0 rings (SSSR count). The number of ether oxygens (including phenoxy) is 3. The van der Waals surface area contributed by atoms with Crippen molar-refractivity contribution in [3.63, 3.8) is 0 Å². The van der Waals surface area contributed by atoms with Gasteiger partial charge in [-0.25, -0.2) is 0 Å². The second-order valence-electron chi connectivity index (χ2n) is 22.0. The molecule has 0 N–H and O–H groups in total. The first-order chi connectivity index (χ1) is 36.5. The molecular formula is C68H124O6. The van der Waals surface area contributed by atoms with Gasteiger partial charge >= 0.3 is 17.9 Å². The zero-order valence-electron chi connectivity index (χ0n) is 49.6. The molecule has 1 atom stereocenters. The summed E-state index contributed by atoms with van der Waals surface area (Å²) in [5.74, 6) is -0.954. The number of carbonyl (C=O) groups is 3. The summed E-state index contributed by atoms with van der Waals surface area (Å²) in [6.07, 6.45) is 78.7. The topological polar surface area (TPSA) is 78.9 Å². The van der Waals surface area contributed by atoms with Crippen LogP contribution >= 0.6 is 0 Å². The number of rotatable bonds is 60. The van der Waals surface area contributed by atoms with E-state index in [1.165, 1.54) is 238 Å². The van der Waals surface area contributed by atoms with Crippen LogP contribution in [0, 0.1) is 0 Å². The number of hydrogen-bond acceptors (Lipinski definition) is 6. The Morgan fingerprint density at radius 1 is 0.284 bits per heavy atom. The quantitative estimate of drug-likeness (QED) is 0.0261. The van der Waals surface area contributed by atoms with Crippen molar-refractivity contribution < 1.29 is 28.6 Å². The van der Waals surface area contributed by atoms with Crippen molar-refractivity contribution in [2.24, 2.45) is 0 Å². The third-order valence-corrected chi connectivity index (χ3v) is 14.6. The Morgan fingerprint density at radius 2 is 0.527 bits per heavy atom. The van der Waals surface area contributed by atoms with Crippen LogP contribution in [0.15, 0.2) is 48.6 Å². The minimum Gasteiger partial charge on any atom is -0.462 e. The molecule has 0 aromatic carbocycles. The van der Waals surface area contributed by atoms with Gasteiger partial charge in [0.1, 0.15) is 13.2 Å². The summed E-state index contributed by atoms with van der Waals surface area (Å²) >= 11 is 0. The van der Waals surface area contributed by atoms with Gasteiger partial charge in [-0.1, -0.05) is 333 Å². The van der Waals surface area contributed by atoms with Gasteiger partial charge in [-0.05, 0) is 44.9 Å². The van der Waals surface area contributed by atoms with Crippen LogP contribution in [0.4, 0.5) is 0 Å². The lowest BCUT2D eigenvalue weighted by Gasteiger charge is -2.18. The van der Waals surface area contributed by atoms with E-state index in [2.05, 4.69) is 63.3 Å². The van der Waals surface area contributed by atoms with Crippen LogP contribution in [0.25, 0.3) is 0 Å². The van der Waals surface area contributed by atoms with Crippen molar-refractivity contribution in [2.45, 2.75) is 354 Å². The van der Waals surface area contributed by atoms with Gasteiger partial charge in [0, 0.05) is 19.3 Å². The summed E-state index contributed by atoms with van der Waals surface area (Å²) < 4.78 is 16.8. The summed E-state index contributed by atoms with van der Waals surface area (Å²) in [5.41, 5.74) is 0. The van der Waals surface area contributed by atoms with Crippen LogP contribution in [0.1, 0.15) is 348 Å². The van der Waals surface area contributed by atoms with Crippen LogP contribution in [-0.4, -0.2) is 37.2 Å². The van der Waals surface area contributed by atoms with Gasteiger partial charge in [-0.3, -0.25) is 14.4 Å². The highest BCUT2D eigenvalue weighted by Crippen LogP contribution is 2.18. The molecule has 0 saturated heterocycles. The van der Waals surface area contributed by atoms with Gasteiger partial charge < -0.3 is 14.2 Å². The molecule has 0 aliphatic rings. The molecule has 6 heteroatoms. The molecule has 74 heavy (non-hydrogen) atoms. The van der Waals surface area contributed by atoms with Crippen molar-refractivity contribution in [3.8, 4) is 0 Å². The van der Waals surface area contributed by atoms with Gasteiger partial charge in [-0.15, -0.1) is 0 Å². The zero-order chi connectivity index (χ0) is 53.6. The molecule has 0 aromatic heterocycles. The van der Waals surface area contributed by atoms with Crippen LogP contribution in [0.2, 0.25) is 0 Å². The van der Waals surface area contributed by atoms with Crippen LogP contribution < -0.4 is 0 Å². The number of carbonyl (C=O) groups excluding carboxylic acids is 3. The van der Waals surface area contributed by atoms with Crippen molar-refractivity contribution >= 4 is 17.9 Å². The second kappa shape index (κ2) is 62.9. The summed E-state index contributed by atoms with van der Waals surface area (Å²) in [7, 11) is 0. The lowest BCUT2D eigenvalue weighted by molar-refractivity contribution is -0.166. The molecule has 0 bridgehead atoms. The molecule has 0 aliphatic carbocycles. The van der Waals surface area contributed by atoms with Crippen molar-refractivity contribution in [3.05, 3.63) is 48.6 Å². The molecule has 0 aromatic rings. The number of esters is 3. The van der Waals surface area contributed by atoms with Gasteiger partial charge in [0.15, 0.2) is 6.10 Å². The Labute approximate surface area is 460 Å². The Balaban J connectivity index is 4.19. The molecule has 0 amide bonds. The van der Waals surface area contributed by atoms with Crippen molar-refractivity contribution in [1.82, 2.24) is 0 Å². The van der Waals surface area contributed by atoms with Crippen LogP contribution in [0.5, 0.6) is 0 Å². The van der Waals surface area contributed by atoms with E-state index in [0.717, 1.165) is 64.2 Å². The average Bonchev–Trinajstić information content (AvgIpc) is 3.40. The normalized spacial score (nSPS) is 12.3. The molecule has 0 heterocycles. The van der Waals surface area contributed by atoms with Crippen molar-refractivity contribution in [2.75, 3.05) is 13.2 Å². The largest absolute Gasteiger partial charge is 0.462 e. The van der Waals surface area contributed by atoms with E-state index in [1.54, 1.807) is 0 Å². The lowest BCUT2D eigenvalue weighted by Crippen LogP contribution is -2.30. The molecular weight excluding hydrogens is 913 g/mol. The number of unbranched alkanes of at least 4 members (excludes halogenated alkanes) is 41. The summed E-state index contributed by atoms with van der Waals surface area (Å²) in [6.45, 7) is 6.52. The van der Waals surface area contributed by atoms with E-state index in [1.807, 2.05) is 6.08 Å². The Kier molecular flexibility index (Phi) is 60.7. The van der Waals surface area contributed by atoms with Crippen LogP contribution in [-0.2, 0) is 28.6 Å². The molecule has 0 fully saturated rings. The third-order valence-electron chi connectivity index (χ3n) is 14.6. The molecule has 0 spiro atoms. The Morgan fingerprint density at radius 3 is 0.824 bits per heavy atom. The van der Waals surface area contributed by atoms with E-state index in [4.69, 9.17) is 14.2 Å². The van der Waals surface area contributed by atoms with E-state index in [9.17, 15) is 14.4 Å². The number of hydrogen-bond donors (Lipinski definition) is 0. The minimum absolute atomic E-state index is 0.0902. The molecule has 6 nitrogen and oxygen atoms in total. The fourth-order valence-electron chi connectivity index (χ4n) is 9.76. The Hall–Kier alpha value is -2.63. The second-order valence-corrected chi connectivity index (χ2v) is 22.0. The molecule has 0 radical (unpaired) electrons. The van der Waals surface area contributed by atoms with E-state index < -0.39 is 6.10 Å². The molecule has 1 unspecified atom stereocenters. The van der Waals surface area contributed by atoms with Gasteiger partial charge in [-0.2, -0.15) is 0 Å². The van der Waals surface area contributed by atoms with E-state index in [0.29, 0.717) is 19.3 Å². The fourth-order valence-corrected chi connectivity index (χ4v) is 9.76. The van der Waals surface area contributed by atoms with E-state index in [-0.39, 0.29) is 37.5 Å². The molecule has 432 valence electrons. The maximum atomic E-state index is 12.9. The predicted molar refractivity (Wildman–Crippen MR) is 321 cm³/mol. The number of allylic oxidation sites excluding steroid dienone is 8. The zero-order valence-corrected chi connectivity index (χ0v) is 49.6. The maximum Gasteiger partial charge on any atom is 0.306 e. The van der Waals surface area contributed by atoms with Gasteiger partial charge in [0.05, 0.1) is 0 Å². The minimum atomic E-state index is -0.798. The predicted octanol–water partition coefficient (Wildman–Crippen LogP) is 22.2. The fraction of sp³-hybridized carbons (Fsp3) is 0.838. The highest BCUT2D eigenvalue weighted by Gasteiger charge is 2.19. The van der Waals surface area contributed by atoms with Crippen molar-refractivity contribution in [1.29, 1.82) is 0 Å². The highest BCUT2D eigenvalue weighted by molar-refractivity contribution is 5.71. The molecule has 0 saturated carbocycles.